The highest BCUT2D eigenvalue weighted by molar-refractivity contribution is 7.21. The van der Waals surface area contributed by atoms with Crippen molar-refractivity contribution in [1.82, 2.24) is 4.98 Å². The fourth-order valence-corrected chi connectivity index (χ4v) is 3.44. The van der Waals surface area contributed by atoms with Crippen LogP contribution in [0.4, 0.5) is 8.78 Å². The average molecular weight is 409 g/mol. The van der Waals surface area contributed by atoms with Crippen molar-refractivity contribution in [2.75, 3.05) is 20.8 Å². The van der Waals surface area contributed by atoms with Crippen LogP contribution in [-0.4, -0.2) is 37.9 Å². The average Bonchev–Trinajstić information content (AvgIpc) is 3.12. The Morgan fingerprint density at radius 2 is 1.79 bits per heavy atom. The Morgan fingerprint density at radius 1 is 1.14 bits per heavy atom. The molecule has 0 bridgehead atoms. The summed E-state index contributed by atoms with van der Waals surface area (Å²) in [5.74, 6) is -2.27. The standard InChI is InChI=1S/C19H17F2NO5S/c1-4-26-18(23)19(20,21)27-16-13(24-2)9-11(10-14(16)25-3)17-22-12-7-5-6-8-15(12)28-17/h5-10H,4H2,1-3H3. The quantitative estimate of drug-likeness (QED) is 0.535. The van der Waals surface area contributed by atoms with E-state index in [4.69, 9.17) is 9.47 Å². The number of methoxy groups -OCH3 is 2. The molecule has 9 heteroatoms. The summed E-state index contributed by atoms with van der Waals surface area (Å²) in [4.78, 5) is 16.0. The topological polar surface area (TPSA) is 66.9 Å². The Hall–Kier alpha value is -2.94. The number of benzene rings is 2. The molecule has 0 unspecified atom stereocenters. The molecule has 1 heterocycles. The third kappa shape index (κ3) is 3.84. The fraction of sp³-hybridized carbons (Fsp3) is 0.263. The van der Waals surface area contributed by atoms with E-state index in [1.807, 2.05) is 24.3 Å². The number of hydrogen-bond acceptors (Lipinski definition) is 7. The first-order chi connectivity index (χ1) is 13.4. The van der Waals surface area contributed by atoms with Gasteiger partial charge in [-0.15, -0.1) is 11.3 Å². The van der Waals surface area contributed by atoms with Crippen LogP contribution >= 0.6 is 11.3 Å². The highest BCUT2D eigenvalue weighted by atomic mass is 32.1. The molecule has 6 nitrogen and oxygen atoms in total. The highest BCUT2D eigenvalue weighted by Crippen LogP contribution is 2.44. The van der Waals surface area contributed by atoms with E-state index >= 15 is 0 Å². The molecule has 0 aliphatic heterocycles. The van der Waals surface area contributed by atoms with Gasteiger partial charge in [0.25, 0.3) is 0 Å². The number of para-hydroxylation sites is 1. The molecule has 2 aromatic carbocycles. The predicted octanol–water partition coefficient (Wildman–Crippen LogP) is 4.52. The van der Waals surface area contributed by atoms with E-state index in [0.717, 1.165) is 10.2 Å². The number of alkyl halides is 2. The number of thiazole rings is 1. The van der Waals surface area contributed by atoms with Gasteiger partial charge in [-0.1, -0.05) is 12.1 Å². The maximum Gasteiger partial charge on any atom is 0.502 e. The number of aromatic nitrogens is 1. The zero-order valence-electron chi connectivity index (χ0n) is 15.3. The minimum atomic E-state index is -4.20. The van der Waals surface area contributed by atoms with E-state index in [1.54, 1.807) is 0 Å². The largest absolute Gasteiger partial charge is 0.502 e. The van der Waals surface area contributed by atoms with Crippen LogP contribution in [0.25, 0.3) is 20.8 Å². The Morgan fingerprint density at radius 3 is 2.36 bits per heavy atom. The summed E-state index contributed by atoms with van der Waals surface area (Å²) in [6.45, 7) is 1.21. The van der Waals surface area contributed by atoms with Crippen molar-refractivity contribution in [3.63, 3.8) is 0 Å². The van der Waals surface area contributed by atoms with Gasteiger partial charge in [0.1, 0.15) is 5.01 Å². The lowest BCUT2D eigenvalue weighted by Gasteiger charge is -2.20. The second-order valence-electron chi connectivity index (χ2n) is 5.54. The number of hydrogen-bond donors (Lipinski definition) is 0. The lowest BCUT2D eigenvalue weighted by atomic mass is 10.2. The second-order valence-corrected chi connectivity index (χ2v) is 6.57. The smallest absolute Gasteiger partial charge is 0.493 e. The van der Waals surface area contributed by atoms with E-state index in [2.05, 4.69) is 14.5 Å². The number of rotatable bonds is 7. The first-order valence-corrected chi connectivity index (χ1v) is 9.07. The molecule has 0 saturated heterocycles. The molecule has 148 valence electrons. The van der Waals surface area contributed by atoms with Gasteiger partial charge in [-0.05, 0) is 31.2 Å². The van der Waals surface area contributed by atoms with Gasteiger partial charge in [0, 0.05) is 5.56 Å². The summed E-state index contributed by atoms with van der Waals surface area (Å²) >= 11 is 1.43. The molecule has 1 aromatic heterocycles. The monoisotopic (exact) mass is 409 g/mol. The molecule has 0 amide bonds. The van der Waals surface area contributed by atoms with Gasteiger partial charge in [0.2, 0.25) is 5.75 Å². The molecule has 0 radical (unpaired) electrons. The minimum absolute atomic E-state index is 0.0300. The van der Waals surface area contributed by atoms with Gasteiger partial charge in [0.15, 0.2) is 11.5 Å². The molecule has 0 saturated carbocycles. The number of carbonyl (C=O) groups excluding carboxylic acids is 1. The van der Waals surface area contributed by atoms with Crippen molar-refractivity contribution in [1.29, 1.82) is 0 Å². The van der Waals surface area contributed by atoms with E-state index in [-0.39, 0.29) is 18.1 Å². The lowest BCUT2D eigenvalue weighted by Crippen LogP contribution is -2.37. The van der Waals surface area contributed by atoms with Crippen LogP contribution in [0, 0.1) is 0 Å². The summed E-state index contributed by atoms with van der Waals surface area (Å²) in [6, 6.07) is 10.6. The highest BCUT2D eigenvalue weighted by Gasteiger charge is 2.45. The number of esters is 1. The molecule has 0 spiro atoms. The van der Waals surface area contributed by atoms with Gasteiger partial charge in [0.05, 0.1) is 31.0 Å². The molecule has 0 fully saturated rings. The fourth-order valence-electron chi connectivity index (χ4n) is 2.48. The first-order valence-electron chi connectivity index (χ1n) is 8.25. The number of carbonyl (C=O) groups is 1. The second kappa shape index (κ2) is 7.97. The minimum Gasteiger partial charge on any atom is -0.493 e. The van der Waals surface area contributed by atoms with Gasteiger partial charge in [-0.2, -0.15) is 8.78 Å². The maximum atomic E-state index is 14.1. The number of fused-ring (bicyclic) bond motifs is 1. The van der Waals surface area contributed by atoms with E-state index in [9.17, 15) is 13.6 Å². The predicted molar refractivity (Wildman–Crippen MR) is 100 cm³/mol. The van der Waals surface area contributed by atoms with Crippen molar-refractivity contribution in [3.05, 3.63) is 36.4 Å². The zero-order chi connectivity index (χ0) is 20.3. The van der Waals surface area contributed by atoms with Crippen LogP contribution in [-0.2, 0) is 9.53 Å². The Kier molecular flexibility index (Phi) is 5.64. The molecule has 0 aliphatic rings. The summed E-state index contributed by atoms with van der Waals surface area (Å²) in [5.41, 5.74) is 1.41. The Bertz CT molecular complexity index is 947. The molecule has 0 atom stereocenters. The van der Waals surface area contributed by atoms with E-state index in [0.29, 0.717) is 10.6 Å². The van der Waals surface area contributed by atoms with Crippen LogP contribution in [0.5, 0.6) is 17.2 Å². The molecule has 3 rings (SSSR count). The summed E-state index contributed by atoms with van der Waals surface area (Å²) in [6.07, 6.45) is -4.20. The first kappa shape index (κ1) is 19.8. The van der Waals surface area contributed by atoms with Crippen LogP contribution in [0.1, 0.15) is 6.92 Å². The van der Waals surface area contributed by atoms with Gasteiger partial charge in [-0.25, -0.2) is 9.78 Å². The SMILES string of the molecule is CCOC(=O)C(F)(F)Oc1c(OC)cc(-c2nc3ccccc3s2)cc1OC. The van der Waals surface area contributed by atoms with Crippen molar-refractivity contribution in [2.45, 2.75) is 13.0 Å². The van der Waals surface area contributed by atoms with Crippen molar-refractivity contribution in [2.24, 2.45) is 0 Å². The molecular formula is C19H17F2NO5S. The molecule has 28 heavy (non-hydrogen) atoms. The zero-order valence-corrected chi connectivity index (χ0v) is 16.1. The molecular weight excluding hydrogens is 392 g/mol. The van der Waals surface area contributed by atoms with Crippen LogP contribution in [0.15, 0.2) is 36.4 Å². The van der Waals surface area contributed by atoms with Crippen LogP contribution in [0.2, 0.25) is 0 Å². The lowest BCUT2D eigenvalue weighted by molar-refractivity contribution is -0.216. The summed E-state index contributed by atoms with van der Waals surface area (Å²) in [5, 5.41) is 0.654. The van der Waals surface area contributed by atoms with E-state index in [1.165, 1.54) is 44.6 Å². The summed E-state index contributed by atoms with van der Waals surface area (Å²) in [7, 11) is 2.60. The van der Waals surface area contributed by atoms with Crippen molar-refractivity contribution in [3.8, 4) is 27.8 Å². The Labute approximate surface area is 163 Å². The number of halogens is 2. The van der Waals surface area contributed by atoms with Crippen molar-refractivity contribution >= 4 is 27.5 Å². The maximum absolute atomic E-state index is 14.1. The third-order valence-electron chi connectivity index (χ3n) is 3.74. The van der Waals surface area contributed by atoms with E-state index < -0.39 is 17.8 Å². The van der Waals surface area contributed by atoms with Crippen molar-refractivity contribution < 1.29 is 32.5 Å². The molecule has 0 N–H and O–H groups in total. The van der Waals surface area contributed by atoms with Crippen LogP contribution < -0.4 is 14.2 Å². The van der Waals surface area contributed by atoms with Gasteiger partial charge >= 0.3 is 12.1 Å². The Balaban J connectivity index is 2.04. The molecule has 0 aliphatic carbocycles. The van der Waals surface area contributed by atoms with Crippen LogP contribution in [0.3, 0.4) is 0 Å². The van der Waals surface area contributed by atoms with Gasteiger partial charge in [-0.3, -0.25) is 0 Å². The number of nitrogens with zero attached hydrogens (tertiary/aromatic N) is 1. The van der Waals surface area contributed by atoms with Gasteiger partial charge < -0.3 is 18.9 Å². The third-order valence-corrected chi connectivity index (χ3v) is 4.83. The molecule has 3 aromatic rings. The normalized spacial score (nSPS) is 11.3. The number of ether oxygens (including phenoxy) is 4. The summed E-state index contributed by atoms with van der Waals surface area (Å²) < 4.78 is 48.5.